The van der Waals surface area contributed by atoms with Crippen LogP contribution in [0.25, 0.3) is 0 Å². The highest BCUT2D eigenvalue weighted by molar-refractivity contribution is 5.80. The predicted molar refractivity (Wildman–Crippen MR) is 99.5 cm³/mol. The standard InChI is InChI=1S/C20H25N5O2/c1-14-19-23-17(10-18(26)22-12-15-4-3-7-21-11-15)13-24(19)8-9-25(14)20(27)16-5-2-6-16/h3-4,7,11,13-14,16H,2,5-6,8-10,12H2,1H3,(H,22,26). The van der Waals surface area contributed by atoms with Gasteiger partial charge in [-0.25, -0.2) is 4.98 Å². The van der Waals surface area contributed by atoms with E-state index in [1.807, 2.05) is 30.2 Å². The molecule has 2 aliphatic rings. The van der Waals surface area contributed by atoms with Crippen molar-refractivity contribution in [3.8, 4) is 0 Å². The van der Waals surface area contributed by atoms with Gasteiger partial charge in [-0.1, -0.05) is 12.5 Å². The average molecular weight is 367 g/mol. The number of pyridine rings is 1. The first-order chi connectivity index (χ1) is 13.1. The van der Waals surface area contributed by atoms with Crippen LogP contribution in [0.2, 0.25) is 0 Å². The first-order valence-electron chi connectivity index (χ1n) is 9.64. The monoisotopic (exact) mass is 367 g/mol. The fourth-order valence-corrected chi connectivity index (χ4v) is 3.75. The zero-order valence-corrected chi connectivity index (χ0v) is 15.6. The van der Waals surface area contributed by atoms with Gasteiger partial charge in [0.15, 0.2) is 0 Å². The van der Waals surface area contributed by atoms with E-state index in [1.165, 1.54) is 0 Å². The van der Waals surface area contributed by atoms with Crippen molar-refractivity contribution in [1.29, 1.82) is 0 Å². The Morgan fingerprint density at radius 2 is 2.15 bits per heavy atom. The molecule has 0 saturated heterocycles. The number of rotatable bonds is 5. The number of hydrogen-bond acceptors (Lipinski definition) is 4. The van der Waals surface area contributed by atoms with Crippen LogP contribution in [-0.4, -0.2) is 37.8 Å². The molecule has 7 heteroatoms. The quantitative estimate of drug-likeness (QED) is 0.874. The molecule has 0 aromatic carbocycles. The molecule has 1 unspecified atom stereocenters. The number of hydrogen-bond donors (Lipinski definition) is 1. The van der Waals surface area contributed by atoms with Crippen LogP contribution in [0.5, 0.6) is 0 Å². The number of amides is 2. The van der Waals surface area contributed by atoms with E-state index in [1.54, 1.807) is 12.4 Å². The van der Waals surface area contributed by atoms with Crippen LogP contribution in [0.3, 0.4) is 0 Å². The van der Waals surface area contributed by atoms with Gasteiger partial charge in [0, 0.05) is 44.1 Å². The first kappa shape index (κ1) is 17.7. The molecule has 1 atom stereocenters. The molecule has 142 valence electrons. The first-order valence-corrected chi connectivity index (χ1v) is 9.64. The lowest BCUT2D eigenvalue weighted by atomic mass is 9.84. The predicted octanol–water partition coefficient (Wildman–Crippen LogP) is 1.84. The van der Waals surface area contributed by atoms with Crippen molar-refractivity contribution in [2.45, 2.75) is 51.7 Å². The van der Waals surface area contributed by atoms with Crippen molar-refractivity contribution < 1.29 is 9.59 Å². The van der Waals surface area contributed by atoms with Crippen LogP contribution in [0.4, 0.5) is 0 Å². The second-order valence-corrected chi connectivity index (χ2v) is 7.43. The smallest absolute Gasteiger partial charge is 0.226 e. The molecule has 27 heavy (non-hydrogen) atoms. The molecule has 1 aliphatic carbocycles. The summed E-state index contributed by atoms with van der Waals surface area (Å²) < 4.78 is 2.08. The van der Waals surface area contributed by atoms with E-state index >= 15 is 0 Å². The van der Waals surface area contributed by atoms with E-state index in [-0.39, 0.29) is 30.2 Å². The van der Waals surface area contributed by atoms with Crippen LogP contribution in [0, 0.1) is 5.92 Å². The lowest BCUT2D eigenvalue weighted by Gasteiger charge is -2.38. The normalized spacial score (nSPS) is 19.3. The van der Waals surface area contributed by atoms with E-state index in [9.17, 15) is 9.59 Å². The summed E-state index contributed by atoms with van der Waals surface area (Å²) in [4.78, 5) is 35.5. The largest absolute Gasteiger partial charge is 0.352 e. The van der Waals surface area contributed by atoms with Gasteiger partial charge < -0.3 is 14.8 Å². The van der Waals surface area contributed by atoms with E-state index in [2.05, 4.69) is 19.9 Å². The second kappa shape index (κ2) is 7.50. The summed E-state index contributed by atoms with van der Waals surface area (Å²) in [6, 6.07) is 3.74. The van der Waals surface area contributed by atoms with Crippen LogP contribution >= 0.6 is 0 Å². The topological polar surface area (TPSA) is 80.1 Å². The maximum absolute atomic E-state index is 12.6. The van der Waals surface area contributed by atoms with Gasteiger partial charge in [-0.3, -0.25) is 14.6 Å². The Kier molecular flexibility index (Phi) is 4.92. The van der Waals surface area contributed by atoms with E-state index in [4.69, 9.17) is 0 Å². The molecule has 0 spiro atoms. The Morgan fingerprint density at radius 3 is 2.85 bits per heavy atom. The fraction of sp³-hybridized carbons (Fsp3) is 0.500. The third-order valence-corrected chi connectivity index (χ3v) is 5.57. The summed E-state index contributed by atoms with van der Waals surface area (Å²) in [6.07, 6.45) is 8.82. The van der Waals surface area contributed by atoms with Crippen LogP contribution in [0.1, 0.15) is 49.3 Å². The van der Waals surface area contributed by atoms with Crippen molar-refractivity contribution >= 4 is 11.8 Å². The molecule has 0 radical (unpaired) electrons. The highest BCUT2D eigenvalue weighted by atomic mass is 16.2. The molecule has 2 aromatic heterocycles. The average Bonchev–Trinajstić information content (AvgIpc) is 3.03. The van der Waals surface area contributed by atoms with Gasteiger partial charge >= 0.3 is 0 Å². The molecule has 1 saturated carbocycles. The van der Waals surface area contributed by atoms with Crippen molar-refractivity contribution in [2.24, 2.45) is 5.92 Å². The highest BCUT2D eigenvalue weighted by Gasteiger charge is 2.35. The van der Waals surface area contributed by atoms with Crippen LogP contribution in [0.15, 0.2) is 30.7 Å². The molecule has 1 aliphatic heterocycles. The van der Waals surface area contributed by atoms with Crippen molar-refractivity contribution in [3.63, 3.8) is 0 Å². The highest BCUT2D eigenvalue weighted by Crippen LogP contribution is 2.33. The third-order valence-electron chi connectivity index (χ3n) is 5.57. The molecule has 0 bridgehead atoms. The number of nitrogens with one attached hydrogen (secondary N) is 1. The number of imidazole rings is 1. The Balaban J connectivity index is 1.37. The van der Waals surface area contributed by atoms with Gasteiger partial charge in [0.2, 0.25) is 11.8 Å². The zero-order valence-electron chi connectivity index (χ0n) is 15.6. The summed E-state index contributed by atoms with van der Waals surface area (Å²) in [5.74, 6) is 1.28. The Bertz CT molecular complexity index is 828. The van der Waals surface area contributed by atoms with Crippen molar-refractivity contribution in [3.05, 3.63) is 47.8 Å². The molecule has 4 rings (SSSR count). The fourth-order valence-electron chi connectivity index (χ4n) is 3.75. The number of carbonyl (C=O) groups is 2. The zero-order chi connectivity index (χ0) is 18.8. The van der Waals surface area contributed by atoms with Crippen LogP contribution in [-0.2, 0) is 29.1 Å². The number of nitrogens with zero attached hydrogens (tertiary/aromatic N) is 4. The molecule has 2 amide bonds. The van der Waals surface area contributed by atoms with E-state index in [0.29, 0.717) is 13.1 Å². The number of fused-ring (bicyclic) bond motifs is 1. The van der Waals surface area contributed by atoms with Gasteiger partial charge in [0.05, 0.1) is 18.2 Å². The molecule has 1 fully saturated rings. The maximum atomic E-state index is 12.6. The molecule has 7 nitrogen and oxygen atoms in total. The number of carbonyl (C=O) groups excluding carboxylic acids is 2. The summed E-state index contributed by atoms with van der Waals surface area (Å²) >= 11 is 0. The van der Waals surface area contributed by atoms with Gasteiger partial charge in [-0.2, -0.15) is 0 Å². The summed E-state index contributed by atoms with van der Waals surface area (Å²) in [5.41, 5.74) is 1.72. The molecular weight excluding hydrogens is 342 g/mol. The van der Waals surface area contributed by atoms with Crippen LogP contribution < -0.4 is 5.32 Å². The summed E-state index contributed by atoms with van der Waals surface area (Å²) in [6.45, 7) is 3.94. The van der Waals surface area contributed by atoms with Crippen molar-refractivity contribution in [2.75, 3.05) is 6.54 Å². The van der Waals surface area contributed by atoms with Gasteiger partial charge in [0.25, 0.3) is 0 Å². The third kappa shape index (κ3) is 3.72. The molecular formula is C20H25N5O2. The minimum atomic E-state index is -0.0654. The summed E-state index contributed by atoms with van der Waals surface area (Å²) in [7, 11) is 0. The molecule has 3 heterocycles. The second-order valence-electron chi connectivity index (χ2n) is 7.43. The Labute approximate surface area is 158 Å². The molecule has 2 aromatic rings. The minimum Gasteiger partial charge on any atom is -0.352 e. The maximum Gasteiger partial charge on any atom is 0.226 e. The van der Waals surface area contributed by atoms with Gasteiger partial charge in [0.1, 0.15) is 5.82 Å². The summed E-state index contributed by atoms with van der Waals surface area (Å²) in [5, 5.41) is 2.90. The molecule has 1 N–H and O–H groups in total. The lowest BCUT2D eigenvalue weighted by molar-refractivity contribution is -0.141. The van der Waals surface area contributed by atoms with Gasteiger partial charge in [-0.05, 0) is 31.4 Å². The van der Waals surface area contributed by atoms with Crippen molar-refractivity contribution in [1.82, 2.24) is 24.8 Å². The van der Waals surface area contributed by atoms with Gasteiger partial charge in [-0.15, -0.1) is 0 Å². The lowest BCUT2D eigenvalue weighted by Crippen LogP contribution is -2.45. The SMILES string of the molecule is CC1c2nc(CC(=O)NCc3cccnc3)cn2CCN1C(=O)C1CCC1. The Hall–Kier alpha value is -2.70. The Morgan fingerprint density at radius 1 is 1.30 bits per heavy atom. The van der Waals surface area contributed by atoms with E-state index in [0.717, 1.165) is 42.9 Å². The minimum absolute atomic E-state index is 0.0425. The van der Waals surface area contributed by atoms with E-state index < -0.39 is 0 Å². The number of aromatic nitrogens is 3.